The molecule has 2 atom stereocenters. The van der Waals surface area contributed by atoms with E-state index in [0.717, 1.165) is 11.1 Å². The molecule has 170 valence electrons. The molecule has 0 saturated heterocycles. The van der Waals surface area contributed by atoms with E-state index in [9.17, 15) is 24.3 Å². The fraction of sp³-hybridized carbons (Fsp3) is 0.304. The topological polar surface area (TPSA) is 131 Å². The number of carbonyl (C=O) groups excluding carboxylic acids is 3. The first kappa shape index (κ1) is 24.4. The summed E-state index contributed by atoms with van der Waals surface area (Å²) in [5.41, 5.74) is 1.59. The lowest BCUT2D eigenvalue weighted by Crippen LogP contribution is -2.50. The van der Waals surface area contributed by atoms with Gasteiger partial charge < -0.3 is 25.2 Å². The second-order valence-corrected chi connectivity index (χ2v) is 7.01. The van der Waals surface area contributed by atoms with Gasteiger partial charge in [-0.25, -0.2) is 9.59 Å². The molecule has 0 aliphatic carbocycles. The summed E-state index contributed by atoms with van der Waals surface area (Å²) in [6.45, 7) is 1.51. The Kier molecular flexibility index (Phi) is 9.70. The standard InChI is InChI=1S/C23H26N2O7/c1-16(24-23(30)32-15-18-10-6-3-7-11-18)21(27)25-19(22(28)29)12-13-20(26)31-14-17-8-4-2-5-9-17/h2-11,16,19H,12-15H2,1H3,(H,24,30)(H,25,27)(H,28,29). The monoisotopic (exact) mass is 442 g/mol. The van der Waals surface area contributed by atoms with Crippen LogP contribution in [0.25, 0.3) is 0 Å². The normalized spacial score (nSPS) is 12.2. The van der Waals surface area contributed by atoms with E-state index >= 15 is 0 Å². The second kappa shape index (κ2) is 12.7. The van der Waals surface area contributed by atoms with Gasteiger partial charge in [0.2, 0.25) is 5.91 Å². The number of hydrogen-bond donors (Lipinski definition) is 3. The van der Waals surface area contributed by atoms with Gasteiger partial charge in [-0.3, -0.25) is 9.59 Å². The molecule has 0 radical (unpaired) electrons. The third kappa shape index (κ3) is 8.86. The molecule has 2 aromatic rings. The summed E-state index contributed by atoms with van der Waals surface area (Å²) in [4.78, 5) is 47.5. The van der Waals surface area contributed by atoms with Crippen LogP contribution in [0, 0.1) is 0 Å². The van der Waals surface area contributed by atoms with Crippen molar-refractivity contribution in [2.24, 2.45) is 0 Å². The van der Waals surface area contributed by atoms with E-state index in [2.05, 4.69) is 10.6 Å². The molecule has 9 heteroatoms. The summed E-state index contributed by atoms with van der Waals surface area (Å²) in [6.07, 6.45) is -1.15. The molecule has 0 bridgehead atoms. The first-order valence-corrected chi connectivity index (χ1v) is 10.0. The zero-order valence-electron chi connectivity index (χ0n) is 17.7. The van der Waals surface area contributed by atoms with Gasteiger partial charge in [-0.05, 0) is 24.5 Å². The third-order valence-corrected chi connectivity index (χ3v) is 4.43. The maximum absolute atomic E-state index is 12.3. The van der Waals surface area contributed by atoms with Gasteiger partial charge in [-0.2, -0.15) is 0 Å². The van der Waals surface area contributed by atoms with Crippen LogP contribution in [0.4, 0.5) is 4.79 Å². The van der Waals surface area contributed by atoms with Gasteiger partial charge in [-0.15, -0.1) is 0 Å². The number of rotatable bonds is 11. The van der Waals surface area contributed by atoms with Crippen molar-refractivity contribution in [1.29, 1.82) is 0 Å². The number of alkyl carbamates (subject to hydrolysis) is 1. The van der Waals surface area contributed by atoms with Crippen LogP contribution in [-0.2, 0) is 37.1 Å². The minimum atomic E-state index is -1.31. The molecule has 0 heterocycles. The van der Waals surface area contributed by atoms with Crippen LogP contribution in [-0.4, -0.2) is 41.1 Å². The fourth-order valence-electron chi connectivity index (χ4n) is 2.63. The van der Waals surface area contributed by atoms with Crippen molar-refractivity contribution >= 4 is 23.9 Å². The van der Waals surface area contributed by atoms with Crippen molar-refractivity contribution in [3.8, 4) is 0 Å². The van der Waals surface area contributed by atoms with Crippen molar-refractivity contribution in [3.05, 3.63) is 71.8 Å². The second-order valence-electron chi connectivity index (χ2n) is 7.01. The number of carboxylic acid groups (broad SMARTS) is 1. The summed E-state index contributed by atoms with van der Waals surface area (Å²) in [7, 11) is 0. The highest BCUT2D eigenvalue weighted by Crippen LogP contribution is 2.05. The largest absolute Gasteiger partial charge is 0.480 e. The van der Waals surface area contributed by atoms with Crippen LogP contribution >= 0.6 is 0 Å². The van der Waals surface area contributed by atoms with E-state index in [-0.39, 0.29) is 26.1 Å². The molecule has 32 heavy (non-hydrogen) atoms. The molecule has 2 unspecified atom stereocenters. The maximum Gasteiger partial charge on any atom is 0.408 e. The zero-order valence-corrected chi connectivity index (χ0v) is 17.7. The van der Waals surface area contributed by atoms with Gasteiger partial charge in [0, 0.05) is 6.42 Å². The quantitative estimate of drug-likeness (QED) is 0.455. The number of carbonyl (C=O) groups is 4. The molecule has 2 rings (SSSR count). The lowest BCUT2D eigenvalue weighted by Gasteiger charge is -2.18. The fourth-order valence-corrected chi connectivity index (χ4v) is 2.63. The predicted molar refractivity (Wildman–Crippen MR) is 114 cm³/mol. The lowest BCUT2D eigenvalue weighted by atomic mass is 10.1. The molecular weight excluding hydrogens is 416 g/mol. The number of nitrogens with one attached hydrogen (secondary N) is 2. The average Bonchev–Trinajstić information content (AvgIpc) is 2.80. The van der Waals surface area contributed by atoms with Gasteiger partial charge in [0.05, 0.1) is 0 Å². The Morgan fingerprint density at radius 1 is 0.844 bits per heavy atom. The summed E-state index contributed by atoms with van der Waals surface area (Å²) in [6, 6.07) is 15.7. The Bertz CT molecular complexity index is 903. The van der Waals surface area contributed by atoms with Crippen LogP contribution in [0.2, 0.25) is 0 Å². The number of esters is 1. The molecule has 0 spiro atoms. The molecule has 3 N–H and O–H groups in total. The Morgan fingerprint density at radius 3 is 1.91 bits per heavy atom. The van der Waals surface area contributed by atoms with Gasteiger partial charge in [0.1, 0.15) is 25.3 Å². The molecule has 9 nitrogen and oxygen atoms in total. The third-order valence-electron chi connectivity index (χ3n) is 4.43. The number of amides is 2. The van der Waals surface area contributed by atoms with E-state index in [4.69, 9.17) is 9.47 Å². The van der Waals surface area contributed by atoms with E-state index in [1.165, 1.54) is 6.92 Å². The minimum absolute atomic E-state index is 0.0316. The Morgan fingerprint density at radius 2 is 1.38 bits per heavy atom. The predicted octanol–water partition coefficient (Wildman–Crippen LogP) is 2.39. The lowest BCUT2D eigenvalue weighted by molar-refractivity contribution is -0.146. The molecule has 0 aromatic heterocycles. The number of aliphatic carboxylic acids is 1. The maximum atomic E-state index is 12.3. The van der Waals surface area contributed by atoms with Crippen molar-refractivity contribution in [3.63, 3.8) is 0 Å². The van der Waals surface area contributed by atoms with Crippen LogP contribution in [0.15, 0.2) is 60.7 Å². The number of ether oxygens (including phenoxy) is 2. The average molecular weight is 442 g/mol. The Balaban J connectivity index is 1.74. The zero-order chi connectivity index (χ0) is 23.3. The summed E-state index contributed by atoms with van der Waals surface area (Å²) in [5, 5.41) is 14.0. The van der Waals surface area contributed by atoms with Crippen molar-refractivity contribution < 1.29 is 33.8 Å². The van der Waals surface area contributed by atoms with Crippen molar-refractivity contribution in [2.45, 2.75) is 45.1 Å². The summed E-state index contributed by atoms with van der Waals surface area (Å²) in [5.74, 6) is -2.59. The molecule has 0 saturated carbocycles. The number of benzene rings is 2. The van der Waals surface area contributed by atoms with Crippen molar-refractivity contribution in [2.75, 3.05) is 0 Å². The van der Waals surface area contributed by atoms with Gasteiger partial charge in [-0.1, -0.05) is 60.7 Å². The number of carboxylic acids is 1. The molecule has 2 amide bonds. The number of hydrogen-bond acceptors (Lipinski definition) is 6. The first-order valence-electron chi connectivity index (χ1n) is 10.0. The van der Waals surface area contributed by atoms with E-state index < -0.39 is 36.0 Å². The molecule has 0 aliphatic heterocycles. The van der Waals surface area contributed by atoms with Crippen molar-refractivity contribution in [1.82, 2.24) is 10.6 Å². The highest BCUT2D eigenvalue weighted by molar-refractivity contribution is 5.89. The summed E-state index contributed by atoms with van der Waals surface area (Å²) < 4.78 is 10.1. The van der Waals surface area contributed by atoms with E-state index in [1.807, 2.05) is 24.3 Å². The van der Waals surface area contributed by atoms with Gasteiger partial charge in [0.15, 0.2) is 0 Å². The van der Waals surface area contributed by atoms with E-state index in [1.54, 1.807) is 36.4 Å². The highest BCUT2D eigenvalue weighted by atomic mass is 16.5. The van der Waals surface area contributed by atoms with Crippen LogP contribution in [0.1, 0.15) is 30.9 Å². The minimum Gasteiger partial charge on any atom is -0.480 e. The smallest absolute Gasteiger partial charge is 0.408 e. The highest BCUT2D eigenvalue weighted by Gasteiger charge is 2.25. The Labute approximate surface area is 185 Å². The van der Waals surface area contributed by atoms with Gasteiger partial charge in [0.25, 0.3) is 0 Å². The molecule has 0 fully saturated rings. The molecular formula is C23H26N2O7. The Hall–Kier alpha value is -3.88. The SMILES string of the molecule is CC(NC(=O)OCc1ccccc1)C(=O)NC(CCC(=O)OCc1ccccc1)C(=O)O. The first-order chi connectivity index (χ1) is 15.3. The van der Waals surface area contributed by atoms with Crippen LogP contribution in [0.5, 0.6) is 0 Å². The molecule has 2 aromatic carbocycles. The van der Waals surface area contributed by atoms with Crippen LogP contribution in [0.3, 0.4) is 0 Å². The summed E-state index contributed by atoms with van der Waals surface area (Å²) >= 11 is 0. The van der Waals surface area contributed by atoms with Gasteiger partial charge >= 0.3 is 18.0 Å². The van der Waals surface area contributed by atoms with Crippen LogP contribution < -0.4 is 10.6 Å². The molecule has 0 aliphatic rings. The van der Waals surface area contributed by atoms with E-state index in [0.29, 0.717) is 0 Å².